The second-order valence-electron chi connectivity index (χ2n) is 6.74. The summed E-state index contributed by atoms with van der Waals surface area (Å²) in [6.45, 7) is 2.17. The molecule has 0 saturated heterocycles. The minimum Gasteiger partial charge on any atom is -0.366 e. The first-order valence-electron chi connectivity index (χ1n) is 9.00. The summed E-state index contributed by atoms with van der Waals surface area (Å²) in [5.74, 6) is 0.992. The fourth-order valence-electron chi connectivity index (χ4n) is 3.23. The van der Waals surface area contributed by atoms with Crippen molar-refractivity contribution in [1.82, 2.24) is 14.5 Å². The van der Waals surface area contributed by atoms with Crippen LogP contribution in [0.3, 0.4) is 0 Å². The number of sulfonamides is 1. The first kappa shape index (κ1) is 18.8. The molecule has 3 rings (SSSR count). The Kier molecular flexibility index (Phi) is 5.93. The normalized spacial score (nSPS) is 20.8. The maximum Gasteiger partial charge on any atom is 0.211 e. The van der Waals surface area contributed by atoms with Crippen molar-refractivity contribution in [3.63, 3.8) is 0 Å². The maximum absolute atomic E-state index is 13.3. The fourth-order valence-corrected chi connectivity index (χ4v) is 3.92. The van der Waals surface area contributed by atoms with E-state index in [2.05, 4.69) is 15.1 Å². The van der Waals surface area contributed by atoms with Crippen molar-refractivity contribution in [3.8, 4) is 5.69 Å². The van der Waals surface area contributed by atoms with Crippen LogP contribution in [0, 0.1) is 11.7 Å². The van der Waals surface area contributed by atoms with Crippen LogP contribution in [0.1, 0.15) is 32.6 Å². The van der Waals surface area contributed by atoms with Gasteiger partial charge in [-0.15, -0.1) is 0 Å². The zero-order chi connectivity index (χ0) is 18.6. The van der Waals surface area contributed by atoms with Crippen LogP contribution in [0.5, 0.6) is 0 Å². The monoisotopic (exact) mass is 380 g/mol. The van der Waals surface area contributed by atoms with Crippen LogP contribution in [0.15, 0.2) is 36.5 Å². The Morgan fingerprint density at radius 3 is 2.69 bits per heavy atom. The average molecular weight is 380 g/mol. The summed E-state index contributed by atoms with van der Waals surface area (Å²) in [4.78, 5) is 0. The van der Waals surface area contributed by atoms with E-state index >= 15 is 0 Å². The third-order valence-corrected chi connectivity index (χ3v) is 6.20. The van der Waals surface area contributed by atoms with Gasteiger partial charge < -0.3 is 5.32 Å². The Balaban J connectivity index is 1.49. The summed E-state index contributed by atoms with van der Waals surface area (Å²) < 4.78 is 40.7. The molecule has 0 amide bonds. The maximum atomic E-state index is 13.3. The van der Waals surface area contributed by atoms with Crippen molar-refractivity contribution in [2.75, 3.05) is 17.6 Å². The van der Waals surface area contributed by atoms with Gasteiger partial charge in [-0.3, -0.25) is 0 Å². The predicted octanol–water partition coefficient (Wildman–Crippen LogP) is 2.92. The molecule has 1 aliphatic carbocycles. The highest BCUT2D eigenvalue weighted by Gasteiger charge is 2.22. The molecule has 1 aromatic heterocycles. The highest BCUT2D eigenvalue weighted by molar-refractivity contribution is 7.89. The standard InChI is InChI=1S/C18H25FN4O2S/c1-2-26(24,25)20-13-14-6-8-16(9-7-14)21-18-10-11-23(22-18)17-5-3-4-15(19)12-17/h3-5,10-12,14,16,20H,2,6-9,13H2,1H3,(H,21,22)/t14-,16-. The zero-order valence-electron chi connectivity index (χ0n) is 14.9. The van der Waals surface area contributed by atoms with Crippen LogP contribution in [0.2, 0.25) is 0 Å². The van der Waals surface area contributed by atoms with Crippen LogP contribution in [-0.2, 0) is 10.0 Å². The molecule has 1 saturated carbocycles. The smallest absolute Gasteiger partial charge is 0.211 e. The Hall–Kier alpha value is -1.93. The van der Waals surface area contributed by atoms with Gasteiger partial charge in [-0.05, 0) is 56.7 Å². The van der Waals surface area contributed by atoms with E-state index in [1.807, 2.05) is 18.3 Å². The lowest BCUT2D eigenvalue weighted by atomic mass is 9.86. The zero-order valence-corrected chi connectivity index (χ0v) is 15.7. The molecule has 2 aromatic rings. The second kappa shape index (κ2) is 8.18. The Bertz CT molecular complexity index is 829. The summed E-state index contributed by atoms with van der Waals surface area (Å²) in [6.07, 6.45) is 5.72. The van der Waals surface area contributed by atoms with Crippen LogP contribution in [0.4, 0.5) is 10.2 Å². The van der Waals surface area contributed by atoms with E-state index in [0.717, 1.165) is 31.5 Å². The average Bonchev–Trinajstić information content (AvgIpc) is 3.10. The molecule has 0 bridgehead atoms. The summed E-state index contributed by atoms with van der Waals surface area (Å²) >= 11 is 0. The van der Waals surface area contributed by atoms with Gasteiger partial charge in [-0.2, -0.15) is 5.10 Å². The SMILES string of the molecule is CCS(=O)(=O)NC[C@H]1CC[C@H](Nc2ccn(-c3cccc(F)c3)n2)CC1. The molecule has 0 unspecified atom stereocenters. The summed E-state index contributed by atoms with van der Waals surface area (Å²) in [6, 6.07) is 8.53. The van der Waals surface area contributed by atoms with Gasteiger partial charge in [0.1, 0.15) is 11.6 Å². The molecule has 6 nitrogen and oxygen atoms in total. The number of nitrogens with zero attached hydrogens (tertiary/aromatic N) is 2. The molecule has 0 radical (unpaired) electrons. The van der Waals surface area contributed by atoms with Crippen LogP contribution in [0.25, 0.3) is 5.69 Å². The molecule has 1 heterocycles. The first-order valence-corrected chi connectivity index (χ1v) is 10.7. The van der Waals surface area contributed by atoms with Crippen LogP contribution in [-0.4, -0.2) is 36.5 Å². The van der Waals surface area contributed by atoms with Crippen molar-refractivity contribution < 1.29 is 12.8 Å². The number of nitrogens with one attached hydrogen (secondary N) is 2. The largest absolute Gasteiger partial charge is 0.366 e. The summed E-state index contributed by atoms with van der Waals surface area (Å²) in [5, 5.41) is 7.89. The fraction of sp³-hybridized carbons (Fsp3) is 0.500. The molecule has 1 fully saturated rings. The molecule has 1 aliphatic rings. The van der Waals surface area contributed by atoms with Crippen molar-refractivity contribution >= 4 is 15.8 Å². The van der Waals surface area contributed by atoms with E-state index in [1.165, 1.54) is 12.1 Å². The van der Waals surface area contributed by atoms with E-state index in [9.17, 15) is 12.8 Å². The lowest BCUT2D eigenvalue weighted by molar-refractivity contribution is 0.337. The quantitative estimate of drug-likeness (QED) is 0.774. The molecule has 142 valence electrons. The highest BCUT2D eigenvalue weighted by atomic mass is 32.2. The molecule has 2 N–H and O–H groups in total. The van der Waals surface area contributed by atoms with Crippen LogP contribution < -0.4 is 10.0 Å². The van der Waals surface area contributed by atoms with Gasteiger partial charge in [0.2, 0.25) is 10.0 Å². The number of hydrogen-bond donors (Lipinski definition) is 2. The Morgan fingerprint density at radius 1 is 1.23 bits per heavy atom. The van der Waals surface area contributed by atoms with Gasteiger partial charge in [-0.25, -0.2) is 22.2 Å². The number of halogens is 1. The van der Waals surface area contributed by atoms with Gasteiger partial charge in [0.15, 0.2) is 0 Å². The van der Waals surface area contributed by atoms with Gasteiger partial charge in [-0.1, -0.05) is 6.07 Å². The van der Waals surface area contributed by atoms with Crippen LogP contribution >= 0.6 is 0 Å². The number of hydrogen-bond acceptors (Lipinski definition) is 4. The Labute approximate surface area is 153 Å². The van der Waals surface area contributed by atoms with Gasteiger partial charge in [0, 0.05) is 24.8 Å². The van der Waals surface area contributed by atoms with Gasteiger partial charge in [0.25, 0.3) is 0 Å². The molecule has 0 atom stereocenters. The molecule has 0 spiro atoms. The summed E-state index contributed by atoms with van der Waals surface area (Å²) in [7, 11) is -3.11. The molecule has 8 heteroatoms. The number of benzene rings is 1. The topological polar surface area (TPSA) is 76.0 Å². The van der Waals surface area contributed by atoms with E-state index in [1.54, 1.807) is 17.7 Å². The second-order valence-corrected chi connectivity index (χ2v) is 8.83. The lowest BCUT2D eigenvalue weighted by Crippen LogP contribution is -2.34. The highest BCUT2D eigenvalue weighted by Crippen LogP contribution is 2.26. The number of anilines is 1. The van der Waals surface area contributed by atoms with E-state index in [4.69, 9.17) is 0 Å². The summed E-state index contributed by atoms with van der Waals surface area (Å²) in [5.41, 5.74) is 0.685. The van der Waals surface area contributed by atoms with Gasteiger partial charge >= 0.3 is 0 Å². The first-order chi connectivity index (χ1) is 12.4. The van der Waals surface area contributed by atoms with Crippen molar-refractivity contribution in [2.45, 2.75) is 38.6 Å². The molecule has 1 aromatic carbocycles. The minimum absolute atomic E-state index is 0.123. The van der Waals surface area contributed by atoms with E-state index in [0.29, 0.717) is 24.2 Å². The third-order valence-electron chi connectivity index (χ3n) is 4.83. The van der Waals surface area contributed by atoms with Gasteiger partial charge in [0.05, 0.1) is 11.4 Å². The molecule has 26 heavy (non-hydrogen) atoms. The predicted molar refractivity (Wildman–Crippen MR) is 100 cm³/mol. The lowest BCUT2D eigenvalue weighted by Gasteiger charge is -2.29. The van der Waals surface area contributed by atoms with Crippen molar-refractivity contribution in [3.05, 3.63) is 42.3 Å². The van der Waals surface area contributed by atoms with Crippen molar-refractivity contribution in [1.29, 1.82) is 0 Å². The number of rotatable bonds is 7. The molecular weight excluding hydrogens is 355 g/mol. The number of aromatic nitrogens is 2. The van der Waals surface area contributed by atoms with Crippen molar-refractivity contribution in [2.24, 2.45) is 5.92 Å². The van der Waals surface area contributed by atoms with E-state index in [-0.39, 0.29) is 11.6 Å². The van der Waals surface area contributed by atoms with E-state index < -0.39 is 10.0 Å². The molecular formula is C18H25FN4O2S. The Morgan fingerprint density at radius 2 is 2.00 bits per heavy atom. The molecule has 0 aliphatic heterocycles. The third kappa shape index (κ3) is 5.04. The minimum atomic E-state index is -3.11.